The summed E-state index contributed by atoms with van der Waals surface area (Å²) < 4.78 is 5.57. The molecule has 2 unspecified atom stereocenters. The van der Waals surface area contributed by atoms with E-state index in [0.29, 0.717) is 12.6 Å². The molecule has 19 heavy (non-hydrogen) atoms. The third-order valence-corrected chi connectivity index (χ3v) is 3.62. The van der Waals surface area contributed by atoms with Crippen molar-refractivity contribution in [2.75, 3.05) is 13.2 Å². The van der Waals surface area contributed by atoms with Crippen LogP contribution in [0.5, 0.6) is 0 Å². The van der Waals surface area contributed by atoms with E-state index < -0.39 is 0 Å². The van der Waals surface area contributed by atoms with Crippen LogP contribution in [0.25, 0.3) is 0 Å². The zero-order chi connectivity index (χ0) is 13.7. The van der Waals surface area contributed by atoms with E-state index in [1.807, 2.05) is 20.0 Å². The Balaban J connectivity index is 2.15. The average molecular weight is 263 g/mol. The maximum absolute atomic E-state index is 5.57. The van der Waals surface area contributed by atoms with E-state index in [1.165, 1.54) is 24.1 Å². The quantitative estimate of drug-likeness (QED) is 0.857. The summed E-state index contributed by atoms with van der Waals surface area (Å²) in [6.07, 6.45) is 6.60. The smallest absolute Gasteiger partial charge is 0.157 e. The molecule has 0 aromatic carbocycles. The van der Waals surface area contributed by atoms with Crippen LogP contribution in [0.2, 0.25) is 0 Å². The number of hydrogen-bond donors (Lipinski definition) is 1. The van der Waals surface area contributed by atoms with Crippen molar-refractivity contribution in [2.45, 2.75) is 58.6 Å². The number of aromatic nitrogens is 2. The molecule has 0 spiro atoms. The fourth-order valence-electron chi connectivity index (χ4n) is 2.61. The van der Waals surface area contributed by atoms with Gasteiger partial charge in [0.25, 0.3) is 0 Å². The van der Waals surface area contributed by atoms with Crippen molar-refractivity contribution >= 4 is 0 Å². The van der Waals surface area contributed by atoms with Crippen molar-refractivity contribution in [3.63, 3.8) is 0 Å². The van der Waals surface area contributed by atoms with Gasteiger partial charge in [0.1, 0.15) is 6.10 Å². The average Bonchev–Trinajstić information content (AvgIpc) is 2.44. The first-order valence-corrected chi connectivity index (χ1v) is 7.47. The molecule has 4 nitrogen and oxygen atoms in total. The molecule has 1 aromatic rings. The number of nitrogens with zero attached hydrogens (tertiary/aromatic N) is 2. The van der Waals surface area contributed by atoms with Gasteiger partial charge in [0.05, 0.1) is 0 Å². The predicted molar refractivity (Wildman–Crippen MR) is 76.0 cm³/mol. The number of fused-ring (bicyclic) bond motifs is 1. The first-order chi connectivity index (χ1) is 9.26. The normalized spacial score (nSPS) is 20.1. The minimum Gasteiger partial charge on any atom is -0.371 e. The summed E-state index contributed by atoms with van der Waals surface area (Å²) in [5.41, 5.74) is 2.49. The summed E-state index contributed by atoms with van der Waals surface area (Å²) >= 11 is 0. The van der Waals surface area contributed by atoms with Crippen molar-refractivity contribution in [2.24, 2.45) is 0 Å². The zero-order valence-electron chi connectivity index (χ0n) is 12.3. The summed E-state index contributed by atoms with van der Waals surface area (Å²) in [6, 6.07) is 0.431. The summed E-state index contributed by atoms with van der Waals surface area (Å²) in [7, 11) is 0. The topological polar surface area (TPSA) is 47.0 Å². The van der Waals surface area contributed by atoms with E-state index in [9.17, 15) is 0 Å². The summed E-state index contributed by atoms with van der Waals surface area (Å²) in [5, 5.41) is 3.59. The van der Waals surface area contributed by atoms with Crippen molar-refractivity contribution in [1.82, 2.24) is 15.3 Å². The zero-order valence-corrected chi connectivity index (χ0v) is 12.3. The number of nitrogens with one attached hydrogen (secondary N) is 1. The summed E-state index contributed by atoms with van der Waals surface area (Å²) in [4.78, 5) is 9.21. The standard InChI is InChI=1S/C15H25N3O/c1-4-9-16-13-7-6-8-14-12(13)10-17-15(18-14)11(3)19-5-2/h10-11,13,16H,4-9H2,1-3H3. The van der Waals surface area contributed by atoms with E-state index >= 15 is 0 Å². The molecule has 1 aromatic heterocycles. The van der Waals surface area contributed by atoms with Crippen molar-refractivity contribution in [3.05, 3.63) is 23.3 Å². The van der Waals surface area contributed by atoms with Gasteiger partial charge >= 0.3 is 0 Å². The van der Waals surface area contributed by atoms with E-state index in [4.69, 9.17) is 9.72 Å². The molecule has 1 heterocycles. The second kappa shape index (κ2) is 6.96. The molecule has 1 aliphatic rings. The molecule has 4 heteroatoms. The Kier molecular flexibility index (Phi) is 5.28. The highest BCUT2D eigenvalue weighted by Crippen LogP contribution is 2.28. The maximum atomic E-state index is 5.57. The molecule has 2 atom stereocenters. The minimum absolute atomic E-state index is 0.0146. The Bertz CT molecular complexity index is 408. The largest absolute Gasteiger partial charge is 0.371 e. The van der Waals surface area contributed by atoms with Crippen LogP contribution in [0.1, 0.15) is 69.3 Å². The van der Waals surface area contributed by atoms with Crippen molar-refractivity contribution < 1.29 is 4.74 Å². The lowest BCUT2D eigenvalue weighted by Crippen LogP contribution is -2.27. The van der Waals surface area contributed by atoms with Crippen LogP contribution >= 0.6 is 0 Å². The van der Waals surface area contributed by atoms with Crippen molar-refractivity contribution in [1.29, 1.82) is 0 Å². The molecule has 0 bridgehead atoms. The van der Waals surface area contributed by atoms with Crippen LogP contribution in [0, 0.1) is 0 Å². The van der Waals surface area contributed by atoms with Crippen LogP contribution in [-0.4, -0.2) is 23.1 Å². The van der Waals surface area contributed by atoms with Crippen LogP contribution < -0.4 is 5.32 Å². The SMILES string of the molecule is CCCNC1CCCc2nc(C(C)OCC)ncc21. The Morgan fingerprint density at radius 2 is 2.32 bits per heavy atom. The van der Waals surface area contributed by atoms with Gasteiger partial charge in [0.15, 0.2) is 5.82 Å². The van der Waals surface area contributed by atoms with Gasteiger partial charge in [-0.15, -0.1) is 0 Å². The van der Waals surface area contributed by atoms with E-state index in [1.54, 1.807) is 0 Å². The van der Waals surface area contributed by atoms with Crippen LogP contribution in [-0.2, 0) is 11.2 Å². The van der Waals surface area contributed by atoms with E-state index in [-0.39, 0.29) is 6.10 Å². The van der Waals surface area contributed by atoms with Gasteiger partial charge in [-0.25, -0.2) is 9.97 Å². The monoisotopic (exact) mass is 263 g/mol. The molecule has 0 saturated heterocycles. The minimum atomic E-state index is -0.0146. The van der Waals surface area contributed by atoms with Gasteiger partial charge in [0, 0.05) is 30.1 Å². The van der Waals surface area contributed by atoms with Crippen LogP contribution in [0.3, 0.4) is 0 Å². The summed E-state index contributed by atoms with van der Waals surface area (Å²) in [6.45, 7) is 7.96. The third kappa shape index (κ3) is 3.51. The Morgan fingerprint density at radius 1 is 1.47 bits per heavy atom. The first-order valence-electron chi connectivity index (χ1n) is 7.47. The lowest BCUT2D eigenvalue weighted by atomic mass is 9.92. The molecule has 0 fully saturated rings. The molecule has 1 aliphatic carbocycles. The highest BCUT2D eigenvalue weighted by Gasteiger charge is 2.22. The molecule has 106 valence electrons. The molecule has 1 N–H and O–H groups in total. The second-order valence-electron chi connectivity index (χ2n) is 5.13. The molecule has 2 rings (SSSR count). The molecule has 0 aliphatic heterocycles. The molecular weight excluding hydrogens is 238 g/mol. The fourth-order valence-corrected chi connectivity index (χ4v) is 2.61. The molecule has 0 amide bonds. The number of aryl methyl sites for hydroxylation is 1. The van der Waals surface area contributed by atoms with Crippen molar-refractivity contribution in [3.8, 4) is 0 Å². The predicted octanol–water partition coefficient (Wildman–Crippen LogP) is 2.95. The van der Waals surface area contributed by atoms with Gasteiger partial charge in [-0.3, -0.25) is 0 Å². The van der Waals surface area contributed by atoms with Gasteiger partial charge in [0.2, 0.25) is 0 Å². The van der Waals surface area contributed by atoms with Gasteiger partial charge in [-0.1, -0.05) is 6.92 Å². The lowest BCUT2D eigenvalue weighted by molar-refractivity contribution is 0.0697. The Morgan fingerprint density at radius 3 is 3.05 bits per heavy atom. The van der Waals surface area contributed by atoms with Gasteiger partial charge in [-0.05, 0) is 46.1 Å². The fraction of sp³-hybridized carbons (Fsp3) is 0.733. The third-order valence-electron chi connectivity index (χ3n) is 3.62. The molecule has 0 radical (unpaired) electrons. The molecule has 0 saturated carbocycles. The Hall–Kier alpha value is -1.00. The Labute approximate surface area is 116 Å². The van der Waals surface area contributed by atoms with E-state index in [0.717, 1.165) is 25.2 Å². The van der Waals surface area contributed by atoms with Gasteiger partial charge in [-0.2, -0.15) is 0 Å². The highest BCUT2D eigenvalue weighted by atomic mass is 16.5. The van der Waals surface area contributed by atoms with Crippen LogP contribution in [0.15, 0.2) is 6.20 Å². The number of hydrogen-bond acceptors (Lipinski definition) is 4. The number of ether oxygens (including phenoxy) is 1. The lowest BCUT2D eigenvalue weighted by Gasteiger charge is -2.26. The molecular formula is C15H25N3O. The van der Waals surface area contributed by atoms with Crippen LogP contribution in [0.4, 0.5) is 0 Å². The summed E-state index contributed by atoms with van der Waals surface area (Å²) in [5.74, 6) is 0.816. The highest BCUT2D eigenvalue weighted by molar-refractivity contribution is 5.24. The van der Waals surface area contributed by atoms with Gasteiger partial charge < -0.3 is 10.1 Å². The van der Waals surface area contributed by atoms with E-state index in [2.05, 4.69) is 17.2 Å². The second-order valence-corrected chi connectivity index (χ2v) is 5.13. The maximum Gasteiger partial charge on any atom is 0.157 e. The number of rotatable bonds is 6. The first kappa shape index (κ1) is 14.4.